The molecule has 5 heteroatoms. The second-order valence-electron chi connectivity index (χ2n) is 4.97. The van der Waals surface area contributed by atoms with E-state index in [1.54, 1.807) is 36.4 Å². The number of hydrogen-bond acceptors (Lipinski definition) is 4. The Morgan fingerprint density at radius 2 is 1.70 bits per heavy atom. The van der Waals surface area contributed by atoms with E-state index in [0.29, 0.717) is 34.2 Å². The lowest BCUT2D eigenvalue weighted by Gasteiger charge is -2.16. The number of ether oxygens (including phenoxy) is 1. The standard InChI is InChI=1S/C18H14ClNO3/c1-2-23-14-6-4-3-5-13(14)20-16-15(17(21)18(16)22)11-7-9-12(19)10-8-11/h3-10,20H,2H2,1H3. The molecule has 0 unspecified atom stereocenters. The quantitative estimate of drug-likeness (QED) is 0.725. The van der Waals surface area contributed by atoms with Crippen molar-refractivity contribution in [3.8, 4) is 16.9 Å². The monoisotopic (exact) mass is 327 g/mol. The van der Waals surface area contributed by atoms with Gasteiger partial charge in [-0.15, -0.1) is 0 Å². The van der Waals surface area contributed by atoms with E-state index in [4.69, 9.17) is 16.3 Å². The molecule has 23 heavy (non-hydrogen) atoms. The molecule has 0 aromatic heterocycles. The summed E-state index contributed by atoms with van der Waals surface area (Å²) in [6.45, 7) is 2.39. The van der Waals surface area contributed by atoms with Gasteiger partial charge in [0.1, 0.15) is 11.4 Å². The predicted octanol–water partition coefficient (Wildman–Crippen LogP) is 3.75. The van der Waals surface area contributed by atoms with Gasteiger partial charge in [0.2, 0.25) is 5.43 Å². The van der Waals surface area contributed by atoms with E-state index in [9.17, 15) is 9.59 Å². The third-order valence-electron chi connectivity index (χ3n) is 3.49. The zero-order valence-electron chi connectivity index (χ0n) is 12.4. The number of halogens is 1. The van der Waals surface area contributed by atoms with Gasteiger partial charge in [0.25, 0.3) is 5.43 Å². The molecule has 0 saturated carbocycles. The van der Waals surface area contributed by atoms with Crippen molar-refractivity contribution in [1.29, 1.82) is 0 Å². The third-order valence-corrected chi connectivity index (χ3v) is 3.74. The van der Waals surface area contributed by atoms with Crippen LogP contribution in [0.25, 0.3) is 11.1 Å². The van der Waals surface area contributed by atoms with Crippen molar-refractivity contribution in [3.05, 3.63) is 74.0 Å². The van der Waals surface area contributed by atoms with Gasteiger partial charge in [-0.05, 0) is 36.8 Å². The van der Waals surface area contributed by atoms with Crippen LogP contribution < -0.4 is 20.9 Å². The molecule has 0 heterocycles. The number of nitrogens with one attached hydrogen (secondary N) is 1. The van der Waals surface area contributed by atoms with Crippen LogP contribution in [0.2, 0.25) is 5.02 Å². The number of anilines is 2. The van der Waals surface area contributed by atoms with E-state index < -0.39 is 10.9 Å². The van der Waals surface area contributed by atoms with Crippen molar-refractivity contribution in [1.82, 2.24) is 0 Å². The number of rotatable bonds is 5. The van der Waals surface area contributed by atoms with Gasteiger partial charge in [0.15, 0.2) is 0 Å². The van der Waals surface area contributed by atoms with Crippen LogP contribution in [0.3, 0.4) is 0 Å². The first kappa shape index (κ1) is 15.3. The molecular weight excluding hydrogens is 314 g/mol. The summed E-state index contributed by atoms with van der Waals surface area (Å²) in [6, 6.07) is 14.1. The van der Waals surface area contributed by atoms with E-state index >= 15 is 0 Å². The van der Waals surface area contributed by atoms with Crippen LogP contribution in [0.1, 0.15) is 6.92 Å². The van der Waals surface area contributed by atoms with Gasteiger partial charge >= 0.3 is 0 Å². The van der Waals surface area contributed by atoms with Crippen LogP contribution in [0.4, 0.5) is 11.4 Å². The maximum absolute atomic E-state index is 11.9. The topological polar surface area (TPSA) is 55.4 Å². The number of benzene rings is 2. The molecule has 3 aromatic carbocycles. The van der Waals surface area contributed by atoms with E-state index in [-0.39, 0.29) is 5.69 Å². The second-order valence-corrected chi connectivity index (χ2v) is 5.41. The molecule has 3 aromatic rings. The summed E-state index contributed by atoms with van der Waals surface area (Å²) < 4.78 is 5.53. The Balaban J connectivity index is 2.00. The van der Waals surface area contributed by atoms with E-state index in [2.05, 4.69) is 5.32 Å². The highest BCUT2D eigenvalue weighted by Gasteiger charge is 2.23. The highest BCUT2D eigenvalue weighted by atomic mass is 35.5. The van der Waals surface area contributed by atoms with Crippen LogP contribution in [0.5, 0.6) is 5.75 Å². The SMILES string of the molecule is CCOc1ccccc1Nc1c(-c2ccc(Cl)cc2)c(=O)c1=O. The minimum absolute atomic E-state index is 0.282. The van der Waals surface area contributed by atoms with Crippen LogP contribution in [0.15, 0.2) is 58.1 Å². The van der Waals surface area contributed by atoms with Gasteiger partial charge in [-0.3, -0.25) is 9.59 Å². The Kier molecular flexibility index (Phi) is 4.17. The van der Waals surface area contributed by atoms with Crippen LogP contribution in [-0.4, -0.2) is 6.61 Å². The minimum atomic E-state index is -0.527. The summed E-state index contributed by atoms with van der Waals surface area (Å²) in [5.41, 5.74) is 0.944. The zero-order chi connectivity index (χ0) is 16.4. The molecule has 116 valence electrons. The van der Waals surface area contributed by atoms with Gasteiger partial charge in [0, 0.05) is 5.02 Å². The van der Waals surface area contributed by atoms with E-state index in [1.807, 2.05) is 19.1 Å². The van der Waals surface area contributed by atoms with E-state index in [1.165, 1.54) is 0 Å². The van der Waals surface area contributed by atoms with Crippen LogP contribution >= 0.6 is 11.6 Å². The Labute approximate surface area is 138 Å². The molecule has 0 spiro atoms. The first-order valence-corrected chi connectivity index (χ1v) is 7.57. The first-order chi connectivity index (χ1) is 11.1. The van der Waals surface area contributed by atoms with Crippen molar-refractivity contribution >= 4 is 23.0 Å². The van der Waals surface area contributed by atoms with Gasteiger partial charge in [-0.25, -0.2) is 0 Å². The molecule has 0 fully saturated rings. The number of hydrogen-bond donors (Lipinski definition) is 1. The Hall–Kier alpha value is -2.59. The summed E-state index contributed by atoms with van der Waals surface area (Å²) in [5.74, 6) is 0.630. The van der Waals surface area contributed by atoms with Crippen molar-refractivity contribution in [2.75, 3.05) is 11.9 Å². The minimum Gasteiger partial charge on any atom is -0.492 e. The summed E-state index contributed by atoms with van der Waals surface area (Å²) in [6.07, 6.45) is 0. The maximum Gasteiger partial charge on any atom is 0.250 e. The smallest absolute Gasteiger partial charge is 0.250 e. The van der Waals surface area contributed by atoms with Gasteiger partial charge in [0.05, 0.1) is 17.9 Å². The average Bonchev–Trinajstić information content (AvgIpc) is 2.57. The Morgan fingerprint density at radius 1 is 1.00 bits per heavy atom. The Bertz CT molecular complexity index is 909. The fourth-order valence-corrected chi connectivity index (χ4v) is 2.51. The van der Waals surface area contributed by atoms with Crippen molar-refractivity contribution in [2.24, 2.45) is 0 Å². The molecule has 0 atom stereocenters. The van der Waals surface area contributed by atoms with Crippen molar-refractivity contribution in [2.45, 2.75) is 6.92 Å². The molecule has 0 amide bonds. The molecule has 0 bridgehead atoms. The molecular formula is C18H14ClNO3. The molecule has 0 aliphatic carbocycles. The molecule has 1 N–H and O–H groups in total. The number of para-hydroxylation sites is 2. The van der Waals surface area contributed by atoms with Crippen molar-refractivity contribution in [3.63, 3.8) is 0 Å². The lowest BCUT2D eigenvalue weighted by molar-refractivity contribution is 0.342. The Morgan fingerprint density at radius 3 is 2.39 bits per heavy atom. The highest BCUT2D eigenvalue weighted by Crippen LogP contribution is 2.31. The molecule has 0 saturated heterocycles. The summed E-state index contributed by atoms with van der Waals surface area (Å²) in [4.78, 5) is 23.9. The molecule has 0 aliphatic heterocycles. The summed E-state index contributed by atoms with van der Waals surface area (Å²) >= 11 is 5.86. The third kappa shape index (κ3) is 2.85. The highest BCUT2D eigenvalue weighted by molar-refractivity contribution is 6.30. The van der Waals surface area contributed by atoms with Gasteiger partial charge in [-0.1, -0.05) is 35.9 Å². The fourth-order valence-electron chi connectivity index (χ4n) is 2.39. The lowest BCUT2D eigenvalue weighted by atomic mass is 9.98. The predicted molar refractivity (Wildman–Crippen MR) is 92.7 cm³/mol. The van der Waals surface area contributed by atoms with Crippen LogP contribution in [0, 0.1) is 0 Å². The lowest BCUT2D eigenvalue weighted by Crippen LogP contribution is -2.35. The molecule has 3 rings (SSSR count). The largest absolute Gasteiger partial charge is 0.492 e. The van der Waals surface area contributed by atoms with E-state index in [0.717, 1.165) is 0 Å². The molecule has 0 aliphatic rings. The zero-order valence-corrected chi connectivity index (χ0v) is 13.2. The maximum atomic E-state index is 11.9. The van der Waals surface area contributed by atoms with Gasteiger partial charge in [-0.2, -0.15) is 0 Å². The molecule has 0 radical (unpaired) electrons. The van der Waals surface area contributed by atoms with Crippen molar-refractivity contribution < 1.29 is 4.74 Å². The van der Waals surface area contributed by atoms with Gasteiger partial charge < -0.3 is 10.1 Å². The summed E-state index contributed by atoms with van der Waals surface area (Å²) in [7, 11) is 0. The fraction of sp³-hybridized carbons (Fsp3) is 0.111. The average molecular weight is 328 g/mol. The van der Waals surface area contributed by atoms with Crippen LogP contribution in [-0.2, 0) is 0 Å². The summed E-state index contributed by atoms with van der Waals surface area (Å²) in [5, 5.41) is 3.60. The normalized spacial score (nSPS) is 10.7. The first-order valence-electron chi connectivity index (χ1n) is 7.20. The second kappa shape index (κ2) is 6.26. The molecule has 4 nitrogen and oxygen atoms in total.